The Bertz CT molecular complexity index is 441. The smallest absolute Gasteiger partial charge is 0.248 e. The Morgan fingerprint density at radius 3 is 2.88 bits per heavy atom. The molecule has 4 N–H and O–H groups in total. The average molecular weight is 237 g/mol. The lowest BCUT2D eigenvalue weighted by Gasteiger charge is -2.26. The molecule has 0 aliphatic carbocycles. The van der Waals surface area contributed by atoms with E-state index in [1.54, 1.807) is 6.07 Å². The molecule has 4 nitrogen and oxygen atoms in total. The molecular weight excluding hydrogens is 221 g/mol. The largest absolute Gasteiger partial charge is 0.376 e. The van der Waals surface area contributed by atoms with Crippen LogP contribution in [0.15, 0.2) is 18.2 Å². The molecule has 92 valence electrons. The van der Waals surface area contributed by atoms with Crippen LogP contribution in [-0.4, -0.2) is 24.5 Å². The fourth-order valence-electron chi connectivity index (χ4n) is 2.02. The number of rotatable bonds is 3. The standard InChI is InChI=1S/C12H16FN3O/c1-12(4-5-15-7-12)16-10-3-2-8(11(14)17)6-9(10)13/h2-3,6,15-16H,4-5,7H2,1H3,(H2,14,17). The van der Waals surface area contributed by atoms with Crippen LogP contribution >= 0.6 is 0 Å². The maximum absolute atomic E-state index is 13.7. The zero-order valence-electron chi connectivity index (χ0n) is 9.72. The quantitative estimate of drug-likeness (QED) is 0.737. The molecule has 0 spiro atoms. The predicted octanol–water partition coefficient (Wildman–Crippen LogP) is 1.09. The summed E-state index contributed by atoms with van der Waals surface area (Å²) < 4.78 is 13.7. The van der Waals surface area contributed by atoms with E-state index in [2.05, 4.69) is 10.6 Å². The molecular formula is C12H16FN3O. The van der Waals surface area contributed by atoms with Gasteiger partial charge in [-0.1, -0.05) is 0 Å². The Kier molecular flexibility index (Phi) is 3.02. The van der Waals surface area contributed by atoms with Gasteiger partial charge in [0.1, 0.15) is 5.82 Å². The molecule has 1 saturated heterocycles. The highest BCUT2D eigenvalue weighted by Gasteiger charge is 2.28. The van der Waals surface area contributed by atoms with Gasteiger partial charge in [0.05, 0.1) is 5.69 Å². The minimum atomic E-state index is -0.621. The van der Waals surface area contributed by atoms with E-state index in [4.69, 9.17) is 5.73 Å². The number of anilines is 1. The van der Waals surface area contributed by atoms with Gasteiger partial charge in [-0.25, -0.2) is 4.39 Å². The molecule has 1 aromatic rings. The van der Waals surface area contributed by atoms with Gasteiger partial charge >= 0.3 is 0 Å². The first-order chi connectivity index (χ1) is 8.00. The van der Waals surface area contributed by atoms with Crippen LogP contribution in [-0.2, 0) is 0 Å². The lowest BCUT2D eigenvalue weighted by Crippen LogP contribution is -2.37. The molecule has 1 amide bonds. The van der Waals surface area contributed by atoms with Crippen molar-refractivity contribution in [1.82, 2.24) is 5.32 Å². The lowest BCUT2D eigenvalue weighted by molar-refractivity contribution is 0.1000. The maximum atomic E-state index is 13.7. The summed E-state index contributed by atoms with van der Waals surface area (Å²) in [7, 11) is 0. The number of primary amides is 1. The van der Waals surface area contributed by atoms with Gasteiger partial charge in [-0.2, -0.15) is 0 Å². The second kappa shape index (κ2) is 4.33. The van der Waals surface area contributed by atoms with E-state index < -0.39 is 11.7 Å². The summed E-state index contributed by atoms with van der Waals surface area (Å²) in [5, 5.41) is 6.39. The number of benzene rings is 1. The van der Waals surface area contributed by atoms with E-state index in [9.17, 15) is 9.18 Å². The number of carbonyl (C=O) groups excluding carboxylic acids is 1. The number of nitrogens with two attached hydrogens (primary N) is 1. The molecule has 2 rings (SSSR count). The van der Waals surface area contributed by atoms with Crippen LogP contribution in [0.3, 0.4) is 0 Å². The predicted molar refractivity (Wildman–Crippen MR) is 64.4 cm³/mol. The normalized spacial score (nSPS) is 23.6. The molecule has 1 unspecified atom stereocenters. The van der Waals surface area contributed by atoms with Gasteiger partial charge in [-0.05, 0) is 38.1 Å². The van der Waals surface area contributed by atoms with E-state index in [-0.39, 0.29) is 11.1 Å². The zero-order valence-corrected chi connectivity index (χ0v) is 9.72. The fourth-order valence-corrected chi connectivity index (χ4v) is 2.02. The van der Waals surface area contributed by atoms with Gasteiger partial charge in [-0.3, -0.25) is 4.79 Å². The summed E-state index contributed by atoms with van der Waals surface area (Å²) in [6, 6.07) is 4.24. The summed E-state index contributed by atoms with van der Waals surface area (Å²) in [5.74, 6) is -1.07. The topological polar surface area (TPSA) is 67.1 Å². The summed E-state index contributed by atoms with van der Waals surface area (Å²) in [5.41, 5.74) is 5.53. The molecule has 1 heterocycles. The molecule has 5 heteroatoms. The highest BCUT2D eigenvalue weighted by atomic mass is 19.1. The number of amides is 1. The molecule has 1 aliphatic heterocycles. The van der Waals surface area contributed by atoms with Crippen LogP contribution in [0, 0.1) is 5.82 Å². The van der Waals surface area contributed by atoms with Gasteiger partial charge in [0.2, 0.25) is 5.91 Å². The lowest BCUT2D eigenvalue weighted by atomic mass is 10.0. The number of hydrogen-bond acceptors (Lipinski definition) is 3. The zero-order chi connectivity index (χ0) is 12.5. The van der Waals surface area contributed by atoms with Gasteiger partial charge in [0.25, 0.3) is 0 Å². The van der Waals surface area contributed by atoms with Crippen molar-refractivity contribution in [3.63, 3.8) is 0 Å². The Morgan fingerprint density at radius 1 is 1.59 bits per heavy atom. The van der Waals surface area contributed by atoms with Gasteiger partial charge in [0.15, 0.2) is 0 Å². The highest BCUT2D eigenvalue weighted by Crippen LogP contribution is 2.23. The second-order valence-corrected chi connectivity index (χ2v) is 4.67. The molecule has 1 fully saturated rings. The van der Waals surface area contributed by atoms with Crippen LogP contribution in [0.25, 0.3) is 0 Å². The van der Waals surface area contributed by atoms with Crippen LogP contribution in [0.1, 0.15) is 23.7 Å². The number of carbonyl (C=O) groups is 1. The van der Waals surface area contributed by atoms with Crippen molar-refractivity contribution >= 4 is 11.6 Å². The molecule has 0 bridgehead atoms. The van der Waals surface area contributed by atoms with E-state index in [0.29, 0.717) is 5.69 Å². The minimum Gasteiger partial charge on any atom is -0.376 e. The second-order valence-electron chi connectivity index (χ2n) is 4.67. The summed E-state index contributed by atoms with van der Waals surface area (Å²) in [6.45, 7) is 3.75. The Balaban J connectivity index is 2.19. The fraction of sp³-hybridized carbons (Fsp3) is 0.417. The van der Waals surface area contributed by atoms with Crippen molar-refractivity contribution in [2.75, 3.05) is 18.4 Å². The molecule has 1 atom stereocenters. The molecule has 0 saturated carbocycles. The van der Waals surface area contributed by atoms with Crippen molar-refractivity contribution in [3.8, 4) is 0 Å². The van der Waals surface area contributed by atoms with Crippen molar-refractivity contribution < 1.29 is 9.18 Å². The van der Waals surface area contributed by atoms with Gasteiger partial charge in [0, 0.05) is 17.6 Å². The first kappa shape index (κ1) is 11.9. The monoisotopic (exact) mass is 237 g/mol. The van der Waals surface area contributed by atoms with E-state index in [1.807, 2.05) is 6.92 Å². The molecule has 17 heavy (non-hydrogen) atoms. The Morgan fingerprint density at radius 2 is 2.35 bits per heavy atom. The van der Waals surface area contributed by atoms with Crippen molar-refractivity contribution in [1.29, 1.82) is 0 Å². The summed E-state index contributed by atoms with van der Waals surface area (Å²) in [4.78, 5) is 10.9. The van der Waals surface area contributed by atoms with Crippen molar-refractivity contribution in [3.05, 3.63) is 29.6 Å². The van der Waals surface area contributed by atoms with E-state index >= 15 is 0 Å². The van der Waals surface area contributed by atoms with Crippen LogP contribution in [0.4, 0.5) is 10.1 Å². The Labute approximate surface area is 99.4 Å². The third-order valence-electron chi connectivity index (χ3n) is 3.06. The van der Waals surface area contributed by atoms with Crippen molar-refractivity contribution in [2.45, 2.75) is 18.9 Å². The number of halogens is 1. The molecule has 1 aliphatic rings. The third-order valence-corrected chi connectivity index (χ3v) is 3.06. The number of nitrogens with one attached hydrogen (secondary N) is 2. The van der Waals surface area contributed by atoms with Gasteiger partial charge < -0.3 is 16.4 Å². The summed E-state index contributed by atoms with van der Waals surface area (Å²) >= 11 is 0. The first-order valence-electron chi connectivity index (χ1n) is 5.58. The SMILES string of the molecule is CC1(Nc2ccc(C(N)=O)cc2F)CCNC1. The first-order valence-corrected chi connectivity index (χ1v) is 5.58. The molecule has 0 radical (unpaired) electrons. The van der Waals surface area contributed by atoms with Crippen LogP contribution < -0.4 is 16.4 Å². The van der Waals surface area contributed by atoms with Crippen LogP contribution in [0.2, 0.25) is 0 Å². The summed E-state index contributed by atoms with van der Waals surface area (Å²) in [6.07, 6.45) is 0.935. The molecule has 1 aromatic carbocycles. The molecule has 0 aromatic heterocycles. The van der Waals surface area contributed by atoms with Crippen molar-refractivity contribution in [2.24, 2.45) is 5.73 Å². The third kappa shape index (κ3) is 2.55. The number of hydrogen-bond donors (Lipinski definition) is 3. The van der Waals surface area contributed by atoms with E-state index in [0.717, 1.165) is 25.6 Å². The average Bonchev–Trinajstić information content (AvgIpc) is 2.68. The highest BCUT2D eigenvalue weighted by molar-refractivity contribution is 5.93. The minimum absolute atomic E-state index is 0.144. The maximum Gasteiger partial charge on any atom is 0.248 e. The van der Waals surface area contributed by atoms with Gasteiger partial charge in [-0.15, -0.1) is 0 Å². The Hall–Kier alpha value is -1.62. The van der Waals surface area contributed by atoms with E-state index in [1.165, 1.54) is 6.07 Å². The van der Waals surface area contributed by atoms with Crippen LogP contribution in [0.5, 0.6) is 0 Å².